The van der Waals surface area contributed by atoms with Gasteiger partial charge in [0, 0.05) is 112 Å². The normalized spacial score (nSPS) is 13.9. The Bertz CT molecular complexity index is 5440. The molecule has 0 unspecified atom stereocenters. The van der Waals surface area contributed by atoms with Crippen molar-refractivity contribution >= 4 is 93.5 Å². The zero-order valence-electron chi connectivity index (χ0n) is 78.3. The molecule has 2 fully saturated rings. The molecule has 2 aliphatic rings. The molecule has 4 aromatic heterocycles. The number of carboxylic acid groups (broad SMARTS) is 4. The van der Waals surface area contributed by atoms with E-state index < -0.39 is 36.9 Å². The summed E-state index contributed by atoms with van der Waals surface area (Å²) < 4.78 is 76.5. The van der Waals surface area contributed by atoms with Crippen LogP contribution in [-0.4, -0.2) is 90.5 Å². The molecule has 4 N–H and O–H groups in total. The lowest BCUT2D eigenvalue weighted by molar-refractivity contribution is -0.132. The number of carbonyl (C=O) groups is 4. The van der Waals surface area contributed by atoms with Crippen molar-refractivity contribution < 1.29 is 76.1 Å². The fourth-order valence-corrected chi connectivity index (χ4v) is 19.1. The summed E-state index contributed by atoms with van der Waals surface area (Å²) in [5.41, 5.74) is 21.1. The molecule has 0 aliphatic heterocycles. The average molecular weight is 1850 g/mol. The fraction of sp³-hybridized carbons (Fsp3) is 0.400. The number of aliphatic carboxylic acids is 4. The molecule has 20 heteroatoms. The number of hydrogen-bond donors (Lipinski definition) is 4. The van der Waals surface area contributed by atoms with E-state index in [4.69, 9.17) is 39.4 Å². The number of thiophene rings is 4. The number of rotatable bonds is 39. The third-order valence-electron chi connectivity index (χ3n) is 22.3. The molecule has 11 rings (SSSR count). The molecule has 0 radical (unpaired) electrons. The molecule has 0 saturated heterocycles. The molecule has 2 aliphatic carbocycles. The maximum atomic E-state index is 13.0. The van der Waals surface area contributed by atoms with Crippen LogP contribution < -0.4 is 18.9 Å². The quantitative estimate of drug-likeness (QED) is 0.0124. The van der Waals surface area contributed by atoms with Crippen LogP contribution in [0.15, 0.2) is 196 Å². The van der Waals surface area contributed by atoms with E-state index in [0.717, 1.165) is 143 Å². The summed E-state index contributed by atoms with van der Waals surface area (Å²) >= 11 is 6.39. The Labute approximate surface area is 784 Å². The van der Waals surface area contributed by atoms with Crippen molar-refractivity contribution in [3.63, 3.8) is 0 Å². The minimum atomic E-state index is -2.57. The predicted molar refractivity (Wildman–Crippen MR) is 537 cm³/mol. The zero-order valence-corrected chi connectivity index (χ0v) is 81.6. The molecular weight excluding hydrogens is 1720 g/mol. The van der Waals surface area contributed by atoms with Gasteiger partial charge in [0.05, 0.1) is 33.2 Å². The maximum Gasteiger partial charge on any atom is 0.328 e. The molecule has 5 aromatic carbocycles. The van der Waals surface area contributed by atoms with Gasteiger partial charge in [0.1, 0.15) is 29.6 Å². The molecule has 0 bridgehead atoms. The first kappa shape index (κ1) is 105. The summed E-state index contributed by atoms with van der Waals surface area (Å²) in [7, 11) is 0. The van der Waals surface area contributed by atoms with Crippen LogP contribution in [0.2, 0.25) is 0 Å². The minimum Gasteiger partial charge on any atom is -0.493 e. The zero-order chi connectivity index (χ0) is 94.6. The van der Waals surface area contributed by atoms with E-state index >= 15 is 0 Å². The molecular formula is C110H132F4O12S4. The van der Waals surface area contributed by atoms with Crippen molar-refractivity contribution in [2.45, 2.75) is 242 Å². The number of ether oxygens (including phenoxy) is 4. The molecule has 9 aromatic rings. The second-order valence-electron chi connectivity index (χ2n) is 35.6. The van der Waals surface area contributed by atoms with Crippen LogP contribution in [0.3, 0.4) is 0 Å². The van der Waals surface area contributed by atoms with Gasteiger partial charge in [-0.1, -0.05) is 188 Å². The highest BCUT2D eigenvalue weighted by Gasteiger charge is 2.31. The van der Waals surface area contributed by atoms with Gasteiger partial charge in [0.25, 0.3) is 6.43 Å². The van der Waals surface area contributed by atoms with E-state index in [1.807, 2.05) is 86.9 Å². The predicted octanol–water partition coefficient (Wildman–Crippen LogP) is 31.8. The molecule has 4 heterocycles. The van der Waals surface area contributed by atoms with E-state index in [0.29, 0.717) is 78.5 Å². The highest BCUT2D eigenvalue weighted by atomic mass is 32.1. The first-order valence-corrected chi connectivity index (χ1v) is 49.0. The average Bonchev–Trinajstić information content (AvgIpc) is 1.35. The number of aryl methyl sites for hydroxylation is 3. The van der Waals surface area contributed by atoms with Crippen LogP contribution in [-0.2, 0) is 49.3 Å². The van der Waals surface area contributed by atoms with Gasteiger partial charge < -0.3 is 39.4 Å². The topological polar surface area (TPSA) is 186 Å². The van der Waals surface area contributed by atoms with Gasteiger partial charge in [-0.2, -0.15) is 0 Å². The van der Waals surface area contributed by atoms with E-state index in [-0.39, 0.29) is 24.2 Å². The van der Waals surface area contributed by atoms with Gasteiger partial charge in [0.2, 0.25) is 0 Å². The lowest BCUT2D eigenvalue weighted by Gasteiger charge is -2.26. The van der Waals surface area contributed by atoms with Gasteiger partial charge in [0.15, 0.2) is 0 Å². The van der Waals surface area contributed by atoms with Crippen LogP contribution in [0.4, 0.5) is 17.6 Å². The summed E-state index contributed by atoms with van der Waals surface area (Å²) in [6.45, 7) is 30.7. The lowest BCUT2D eigenvalue weighted by atomic mass is 9.81. The minimum absolute atomic E-state index is 0.102. The van der Waals surface area contributed by atoms with Crippen LogP contribution in [0.5, 0.6) is 23.0 Å². The number of halogens is 4. The van der Waals surface area contributed by atoms with Crippen LogP contribution >= 0.6 is 45.3 Å². The van der Waals surface area contributed by atoms with Gasteiger partial charge in [-0.05, 0) is 276 Å². The highest BCUT2D eigenvalue weighted by Crippen LogP contribution is 2.51. The van der Waals surface area contributed by atoms with Crippen molar-refractivity contribution in [3.05, 3.63) is 254 Å². The third-order valence-corrected chi connectivity index (χ3v) is 25.8. The first-order valence-electron chi connectivity index (χ1n) is 45.5. The van der Waals surface area contributed by atoms with Crippen LogP contribution in [0.1, 0.15) is 264 Å². The third kappa shape index (κ3) is 32.6. The smallest absolute Gasteiger partial charge is 0.328 e. The summed E-state index contributed by atoms with van der Waals surface area (Å²) in [6.07, 6.45) is 34.8. The number of carboxylic acids is 4. The molecule has 0 amide bonds. The van der Waals surface area contributed by atoms with Gasteiger partial charge in [-0.25, -0.2) is 28.0 Å². The second-order valence-corrected chi connectivity index (χ2v) is 39.4. The number of hydrogen-bond acceptors (Lipinski definition) is 12. The van der Waals surface area contributed by atoms with Gasteiger partial charge in [-0.15, -0.1) is 45.3 Å². The summed E-state index contributed by atoms with van der Waals surface area (Å²) in [5, 5.41) is 44.0. The standard InChI is InChI=1S/C29H37FO3S.C29H32O3S.C27H33FO3S.C25H30F2O3S/c1-20(2)9-11-22-18-25(23-7-4-5-8-23)29(33-15-6-14-30)26(19-22)24-13-16-34-27(24)12-10-21(3)17-28(31)32;1-6-15-32-28-24(23-14-16-33-26(23)13-12-20(2)17-27(30)31)18-22(19-25(28)29(3,4)5)21-10-8-7-9-11-21;1-3-20-17-23(21-8-5-4-6-9-21)27(31-14-7-13-28)24(18-20)22-12-15-32-25(22)11-10-19(2)16-26(29)30;1-6-7-17-13-19(24(30-15-22(26)27)20(14-17)25(3,4)5)18-10-11-31-21(18)9-8-16(2)12-23(28)29/h10,12-13,16-20,23H,4-9,11,14-15H2,1-3H3,(H,31,32);7-14,16-19H,6,15H2,1-5H3,(H,30,31);10-12,15-18,21H,3-9,13-14H2,1-2H3,(H,29,30);8-14,22H,6-7,15H2,1-5H3,(H,28,29)/b12-10+,21-17+;13-12+,20-17+;11-10+,19-16+;9-8+,16-12+. The van der Waals surface area contributed by atoms with Crippen molar-refractivity contribution in [1.29, 1.82) is 0 Å². The van der Waals surface area contributed by atoms with Crippen LogP contribution in [0.25, 0.3) is 79.9 Å². The SMILES string of the molecule is CC(/C=C/c1sccc1-c1cc(CCC(C)C)cc(C2CCCC2)c1OCCCF)=C\C(=O)O.CCCOc1c(-c2ccsc2/C=C/C(C)=C/C(=O)O)cc(-c2ccccc2)cc1C(C)(C)C.CCCc1cc(-c2ccsc2/C=C/C(C)=C/C(=O)O)c(OCC(F)F)c(C(C)(C)C)c1.CCc1cc(-c2ccsc2/C=C/C(C)=C/C(=O)O)c(OCCCF)c(C2CCCCC2)c1. The first-order chi connectivity index (χ1) is 62.1. The second kappa shape index (κ2) is 52.6. The largest absolute Gasteiger partial charge is 0.493 e. The lowest BCUT2D eigenvalue weighted by Crippen LogP contribution is -2.17. The highest BCUT2D eigenvalue weighted by molar-refractivity contribution is 7.12. The Morgan fingerprint density at radius 1 is 0.423 bits per heavy atom. The summed E-state index contributed by atoms with van der Waals surface area (Å²) in [4.78, 5) is 47.9. The molecule has 0 spiro atoms. The molecule has 12 nitrogen and oxygen atoms in total. The van der Waals surface area contributed by atoms with Gasteiger partial charge >= 0.3 is 23.9 Å². The fourth-order valence-electron chi connectivity index (χ4n) is 15.9. The van der Waals surface area contributed by atoms with E-state index in [9.17, 15) is 36.7 Å². The van der Waals surface area contributed by atoms with E-state index in [1.165, 1.54) is 121 Å². The van der Waals surface area contributed by atoms with E-state index in [2.05, 4.69) is 156 Å². The number of allylic oxidation sites excluding steroid dienone is 8. The van der Waals surface area contributed by atoms with Crippen molar-refractivity contribution in [1.82, 2.24) is 0 Å². The molecule has 696 valence electrons. The summed E-state index contributed by atoms with van der Waals surface area (Å²) in [5.74, 6) is 0.960. The van der Waals surface area contributed by atoms with Crippen LogP contribution in [0, 0.1) is 5.92 Å². The Morgan fingerprint density at radius 2 is 0.785 bits per heavy atom. The van der Waals surface area contributed by atoms with Crippen molar-refractivity contribution in [2.75, 3.05) is 39.8 Å². The Morgan fingerprint density at radius 3 is 1.15 bits per heavy atom. The molecule has 130 heavy (non-hydrogen) atoms. The Balaban J connectivity index is 0.000000214. The van der Waals surface area contributed by atoms with E-state index in [1.54, 1.807) is 67.8 Å². The Kier molecular flexibility index (Phi) is 42.5. The van der Waals surface area contributed by atoms with Gasteiger partial charge in [-0.3, -0.25) is 8.78 Å². The number of benzene rings is 5. The molecule has 0 atom stereocenters. The molecule has 2 saturated carbocycles. The summed E-state index contributed by atoms with van der Waals surface area (Å²) in [6, 6.07) is 36.4. The van der Waals surface area contributed by atoms with Crippen molar-refractivity contribution in [3.8, 4) is 78.6 Å². The number of alkyl halides is 4. The van der Waals surface area contributed by atoms with Crippen molar-refractivity contribution in [2.24, 2.45) is 5.92 Å². The maximum absolute atomic E-state index is 13.0. The Hall–Kier alpha value is -10.4. The monoisotopic (exact) mass is 1850 g/mol.